The molecule has 2 aliphatic heterocycles. The minimum atomic E-state index is -0.0977. The van der Waals surface area contributed by atoms with Gasteiger partial charge in [-0.3, -0.25) is 9.69 Å². The van der Waals surface area contributed by atoms with Gasteiger partial charge in [0, 0.05) is 32.1 Å². The van der Waals surface area contributed by atoms with Gasteiger partial charge in [-0.2, -0.15) is 0 Å². The molecule has 0 aromatic rings. The van der Waals surface area contributed by atoms with Gasteiger partial charge in [0.1, 0.15) is 0 Å². The van der Waals surface area contributed by atoms with Gasteiger partial charge in [-0.15, -0.1) is 0 Å². The Kier molecular flexibility index (Phi) is 3.26. The number of nitrogens with one attached hydrogen (secondary N) is 1. The summed E-state index contributed by atoms with van der Waals surface area (Å²) in [5.41, 5.74) is 0. The first kappa shape index (κ1) is 10.9. The van der Waals surface area contributed by atoms with Crippen LogP contribution in [0.15, 0.2) is 0 Å². The maximum absolute atomic E-state index is 10.7. The van der Waals surface area contributed by atoms with E-state index in [9.17, 15) is 9.90 Å². The molecule has 2 bridgehead atoms. The average molecular weight is 212 g/mol. The summed E-state index contributed by atoms with van der Waals surface area (Å²) in [7, 11) is 0. The van der Waals surface area contributed by atoms with E-state index in [-0.39, 0.29) is 12.0 Å². The monoisotopic (exact) mass is 212 g/mol. The maximum Gasteiger partial charge on any atom is 0.216 e. The number of hydrogen-bond acceptors (Lipinski definition) is 3. The van der Waals surface area contributed by atoms with Gasteiger partial charge >= 0.3 is 0 Å². The molecule has 15 heavy (non-hydrogen) atoms. The zero-order valence-corrected chi connectivity index (χ0v) is 9.28. The van der Waals surface area contributed by atoms with Crippen molar-refractivity contribution in [3.63, 3.8) is 0 Å². The Morgan fingerprint density at radius 1 is 1.40 bits per heavy atom. The van der Waals surface area contributed by atoms with Gasteiger partial charge in [0.25, 0.3) is 0 Å². The minimum absolute atomic E-state index is 0.0411. The summed E-state index contributed by atoms with van der Waals surface area (Å²) >= 11 is 0. The number of hydrogen-bond donors (Lipinski definition) is 2. The van der Waals surface area contributed by atoms with Crippen molar-refractivity contribution in [2.75, 3.05) is 13.1 Å². The summed E-state index contributed by atoms with van der Waals surface area (Å²) in [5.74, 6) is 0.0411. The Morgan fingerprint density at radius 2 is 2.00 bits per heavy atom. The Morgan fingerprint density at radius 3 is 2.53 bits per heavy atom. The number of piperidine rings is 1. The molecule has 0 aliphatic carbocycles. The van der Waals surface area contributed by atoms with E-state index in [2.05, 4.69) is 10.2 Å². The number of carbonyl (C=O) groups is 1. The predicted molar refractivity (Wildman–Crippen MR) is 57.4 cm³/mol. The van der Waals surface area contributed by atoms with Gasteiger partial charge in [0.15, 0.2) is 0 Å². The molecule has 0 aromatic carbocycles. The smallest absolute Gasteiger partial charge is 0.216 e. The molecule has 0 radical (unpaired) electrons. The summed E-state index contributed by atoms with van der Waals surface area (Å²) in [6.07, 6.45) is 4.15. The number of rotatable bonds is 3. The molecule has 4 nitrogen and oxygen atoms in total. The lowest BCUT2D eigenvalue weighted by molar-refractivity contribution is -0.119. The quantitative estimate of drug-likeness (QED) is 0.698. The van der Waals surface area contributed by atoms with Crippen LogP contribution in [-0.2, 0) is 4.79 Å². The Labute approximate surface area is 90.6 Å². The molecule has 2 heterocycles. The molecule has 2 N–H and O–H groups in total. The van der Waals surface area contributed by atoms with Crippen molar-refractivity contribution in [3.05, 3.63) is 0 Å². The number of aliphatic hydroxyl groups is 1. The van der Waals surface area contributed by atoms with E-state index in [1.54, 1.807) is 6.92 Å². The Hall–Kier alpha value is -0.610. The molecular formula is C11H20N2O2. The van der Waals surface area contributed by atoms with E-state index in [4.69, 9.17) is 0 Å². The van der Waals surface area contributed by atoms with E-state index < -0.39 is 0 Å². The molecule has 86 valence electrons. The van der Waals surface area contributed by atoms with Crippen molar-refractivity contribution in [3.8, 4) is 0 Å². The van der Waals surface area contributed by atoms with Crippen LogP contribution in [0.25, 0.3) is 0 Å². The Bertz CT molecular complexity index is 231. The molecule has 4 heteroatoms. The molecule has 2 atom stereocenters. The van der Waals surface area contributed by atoms with E-state index in [1.807, 2.05) is 0 Å². The number of nitrogens with zero attached hydrogens (tertiary/aromatic N) is 1. The lowest BCUT2D eigenvalue weighted by Gasteiger charge is -2.37. The van der Waals surface area contributed by atoms with Crippen molar-refractivity contribution in [2.45, 2.75) is 50.8 Å². The van der Waals surface area contributed by atoms with Crippen LogP contribution in [0, 0.1) is 0 Å². The second-order valence-electron chi connectivity index (χ2n) is 4.73. The van der Waals surface area contributed by atoms with Crippen LogP contribution in [0.3, 0.4) is 0 Å². The average Bonchev–Trinajstić information content (AvgIpc) is 2.42. The van der Waals surface area contributed by atoms with Crippen molar-refractivity contribution in [2.24, 2.45) is 0 Å². The highest BCUT2D eigenvalue weighted by atomic mass is 16.3. The molecule has 0 spiro atoms. The zero-order valence-electron chi connectivity index (χ0n) is 9.28. The fraction of sp³-hybridized carbons (Fsp3) is 0.909. The summed E-state index contributed by atoms with van der Waals surface area (Å²) in [5, 5.41) is 12.5. The molecule has 0 saturated carbocycles. The highest BCUT2D eigenvalue weighted by Gasteiger charge is 2.39. The van der Waals surface area contributed by atoms with Crippen molar-refractivity contribution in [1.82, 2.24) is 10.2 Å². The van der Waals surface area contributed by atoms with E-state index >= 15 is 0 Å². The topological polar surface area (TPSA) is 52.6 Å². The Balaban J connectivity index is 1.81. The third-order valence-electron chi connectivity index (χ3n) is 3.60. The highest BCUT2D eigenvalue weighted by molar-refractivity contribution is 5.72. The largest absolute Gasteiger partial charge is 0.393 e. The summed E-state index contributed by atoms with van der Waals surface area (Å²) in [4.78, 5) is 13.2. The van der Waals surface area contributed by atoms with Gasteiger partial charge in [0.2, 0.25) is 5.91 Å². The molecule has 2 saturated heterocycles. The van der Waals surface area contributed by atoms with Crippen molar-refractivity contribution < 1.29 is 9.90 Å². The second-order valence-corrected chi connectivity index (χ2v) is 4.73. The van der Waals surface area contributed by atoms with Crippen LogP contribution in [0.4, 0.5) is 0 Å². The fourth-order valence-corrected chi connectivity index (χ4v) is 2.97. The summed E-state index contributed by atoms with van der Waals surface area (Å²) < 4.78 is 0. The van der Waals surface area contributed by atoms with Gasteiger partial charge in [-0.1, -0.05) is 0 Å². The van der Waals surface area contributed by atoms with Crippen molar-refractivity contribution in [1.29, 1.82) is 0 Å². The molecule has 0 aromatic heterocycles. The first-order valence-corrected chi connectivity index (χ1v) is 5.85. The van der Waals surface area contributed by atoms with Crippen LogP contribution < -0.4 is 5.32 Å². The molecule has 2 fully saturated rings. The van der Waals surface area contributed by atoms with Gasteiger partial charge < -0.3 is 10.4 Å². The van der Waals surface area contributed by atoms with Gasteiger partial charge in [-0.25, -0.2) is 0 Å². The maximum atomic E-state index is 10.7. The highest BCUT2D eigenvalue weighted by Crippen LogP contribution is 2.35. The number of aliphatic hydroxyl groups excluding tert-OH is 1. The number of carbonyl (C=O) groups excluding carboxylic acids is 1. The summed E-state index contributed by atoms with van der Waals surface area (Å²) in [6, 6.07) is 1.10. The molecule has 2 unspecified atom stereocenters. The molecule has 2 rings (SSSR count). The SMILES string of the molecule is CC(=O)NCCN1C2CCC1CC(O)C2. The predicted octanol–water partition coefficient (Wildman–Crippen LogP) is 0.110. The molecule has 1 amide bonds. The molecule has 2 aliphatic rings. The summed E-state index contributed by atoms with van der Waals surface area (Å²) in [6.45, 7) is 3.22. The third kappa shape index (κ3) is 2.49. The van der Waals surface area contributed by atoms with Crippen LogP contribution in [-0.4, -0.2) is 47.2 Å². The van der Waals surface area contributed by atoms with E-state index in [1.165, 1.54) is 12.8 Å². The van der Waals surface area contributed by atoms with Crippen molar-refractivity contribution >= 4 is 5.91 Å². The van der Waals surface area contributed by atoms with E-state index in [0.717, 1.165) is 25.9 Å². The van der Waals surface area contributed by atoms with Gasteiger partial charge in [0.05, 0.1) is 6.10 Å². The first-order chi connectivity index (χ1) is 7.16. The van der Waals surface area contributed by atoms with Crippen LogP contribution in [0.2, 0.25) is 0 Å². The van der Waals surface area contributed by atoms with Crippen LogP contribution >= 0.6 is 0 Å². The lowest BCUT2D eigenvalue weighted by atomic mass is 10.00. The fourth-order valence-electron chi connectivity index (χ4n) is 2.97. The zero-order chi connectivity index (χ0) is 10.8. The van der Waals surface area contributed by atoms with Gasteiger partial charge in [-0.05, 0) is 25.7 Å². The number of amides is 1. The lowest BCUT2D eigenvalue weighted by Crippen LogP contribution is -2.47. The van der Waals surface area contributed by atoms with E-state index in [0.29, 0.717) is 12.1 Å². The third-order valence-corrected chi connectivity index (χ3v) is 3.60. The molecular weight excluding hydrogens is 192 g/mol. The standard InChI is InChI=1S/C11H20N2O2/c1-8(14)12-4-5-13-9-2-3-10(13)7-11(15)6-9/h9-11,15H,2-7H2,1H3,(H,12,14). The minimum Gasteiger partial charge on any atom is -0.393 e. The normalized spacial score (nSPS) is 35.5. The van der Waals surface area contributed by atoms with Crippen LogP contribution in [0.1, 0.15) is 32.6 Å². The second kappa shape index (κ2) is 4.49. The van der Waals surface area contributed by atoms with Crippen LogP contribution in [0.5, 0.6) is 0 Å². The number of fused-ring (bicyclic) bond motifs is 2. The first-order valence-electron chi connectivity index (χ1n) is 5.85.